The summed E-state index contributed by atoms with van der Waals surface area (Å²) in [5, 5.41) is 10.1. The van der Waals surface area contributed by atoms with E-state index in [9.17, 15) is 5.11 Å². The summed E-state index contributed by atoms with van der Waals surface area (Å²) in [7, 11) is 0. The van der Waals surface area contributed by atoms with Gasteiger partial charge in [-0.3, -0.25) is 0 Å². The van der Waals surface area contributed by atoms with Gasteiger partial charge in [-0.15, -0.1) is 0 Å². The van der Waals surface area contributed by atoms with Crippen LogP contribution < -0.4 is 0 Å². The van der Waals surface area contributed by atoms with Crippen molar-refractivity contribution in [1.29, 1.82) is 0 Å². The number of aliphatic hydroxyl groups is 1. The SMILES string of the molecule is CC1=C(C=CC2=CCC[C@@]3(C)C2CCC3C(C)C=CC(C)C(C)C)C[C@H](O)CC1. The van der Waals surface area contributed by atoms with Gasteiger partial charge in [0.2, 0.25) is 0 Å². The molecule has 0 aromatic heterocycles. The molecule has 3 aliphatic rings. The van der Waals surface area contributed by atoms with Crippen molar-refractivity contribution in [3.05, 3.63) is 47.1 Å². The van der Waals surface area contributed by atoms with E-state index in [1.807, 2.05) is 0 Å². The molecule has 0 aliphatic heterocycles. The van der Waals surface area contributed by atoms with Crippen LogP contribution in [0.1, 0.15) is 86.5 Å². The van der Waals surface area contributed by atoms with Crippen LogP contribution in [0.4, 0.5) is 0 Å². The fourth-order valence-corrected chi connectivity index (χ4v) is 6.10. The Kier molecular flexibility index (Phi) is 7.31. The fraction of sp³-hybridized carbons (Fsp3) is 0.714. The van der Waals surface area contributed by atoms with Crippen molar-refractivity contribution in [3.63, 3.8) is 0 Å². The van der Waals surface area contributed by atoms with Crippen molar-refractivity contribution in [2.45, 2.75) is 92.6 Å². The molecule has 1 heteroatoms. The monoisotopic (exact) mass is 396 g/mol. The molecular weight excluding hydrogens is 352 g/mol. The Bertz CT molecular complexity index is 691. The second kappa shape index (κ2) is 9.38. The van der Waals surface area contributed by atoms with Crippen LogP contribution in [0.5, 0.6) is 0 Å². The van der Waals surface area contributed by atoms with Crippen LogP contribution in [0, 0.1) is 35.0 Å². The highest BCUT2D eigenvalue weighted by atomic mass is 16.3. The molecule has 1 nitrogen and oxygen atoms in total. The normalized spacial score (nSPS) is 35.4. The molecule has 6 atom stereocenters. The molecule has 1 N–H and O–H groups in total. The lowest BCUT2D eigenvalue weighted by Crippen LogP contribution is -2.34. The second-order valence-electron chi connectivity index (χ2n) is 10.9. The van der Waals surface area contributed by atoms with E-state index >= 15 is 0 Å². The summed E-state index contributed by atoms with van der Waals surface area (Å²) >= 11 is 0. The quantitative estimate of drug-likeness (QED) is 0.457. The van der Waals surface area contributed by atoms with Gasteiger partial charge >= 0.3 is 0 Å². The van der Waals surface area contributed by atoms with Crippen LogP contribution in [-0.2, 0) is 0 Å². The van der Waals surface area contributed by atoms with Crippen LogP contribution in [0.15, 0.2) is 47.1 Å². The van der Waals surface area contributed by atoms with Gasteiger partial charge in [0, 0.05) is 0 Å². The Labute approximate surface area is 180 Å². The minimum atomic E-state index is -0.152. The number of rotatable bonds is 6. The van der Waals surface area contributed by atoms with Crippen LogP contribution in [0.2, 0.25) is 0 Å². The zero-order valence-electron chi connectivity index (χ0n) is 19.7. The third-order valence-electron chi connectivity index (χ3n) is 8.61. The van der Waals surface area contributed by atoms with Crippen molar-refractivity contribution in [2.24, 2.45) is 35.0 Å². The van der Waals surface area contributed by atoms with Crippen molar-refractivity contribution in [3.8, 4) is 0 Å². The van der Waals surface area contributed by atoms with Crippen LogP contribution in [-0.4, -0.2) is 11.2 Å². The molecular formula is C28H44O. The van der Waals surface area contributed by atoms with E-state index in [0.717, 1.165) is 31.1 Å². The van der Waals surface area contributed by atoms with E-state index in [2.05, 4.69) is 71.9 Å². The van der Waals surface area contributed by atoms with Crippen LogP contribution in [0.25, 0.3) is 0 Å². The van der Waals surface area contributed by atoms with Gasteiger partial charge in [0.15, 0.2) is 0 Å². The first kappa shape index (κ1) is 22.6. The molecule has 3 aliphatic carbocycles. The molecule has 0 aromatic carbocycles. The molecule has 0 heterocycles. The van der Waals surface area contributed by atoms with E-state index in [0.29, 0.717) is 23.2 Å². The molecule has 0 bridgehead atoms. The van der Waals surface area contributed by atoms with Gasteiger partial charge in [-0.2, -0.15) is 0 Å². The van der Waals surface area contributed by atoms with E-state index in [-0.39, 0.29) is 6.10 Å². The smallest absolute Gasteiger partial charge is 0.0583 e. The molecule has 3 rings (SSSR count). The maximum atomic E-state index is 10.1. The standard InChI is InChI=1S/C28H44O/c1-19(2)20(3)9-10-22(5)26-15-16-27-23(8-7-17-28(26,27)6)12-13-24-18-25(29)14-11-21(24)4/h8-10,12-13,19-20,22,25-27,29H,7,11,14-18H2,1-6H3/t20?,22?,25-,26?,27?,28-/m1/s1. The topological polar surface area (TPSA) is 20.2 Å². The van der Waals surface area contributed by atoms with Gasteiger partial charge < -0.3 is 5.11 Å². The van der Waals surface area contributed by atoms with Crippen LogP contribution >= 0.6 is 0 Å². The highest BCUT2D eigenvalue weighted by Gasteiger charge is 2.49. The number of hydrogen-bond acceptors (Lipinski definition) is 1. The third kappa shape index (κ3) is 4.98. The predicted octanol–water partition coefficient (Wildman–Crippen LogP) is 7.64. The van der Waals surface area contributed by atoms with E-state index in [1.165, 1.54) is 36.8 Å². The Morgan fingerprint density at radius 3 is 2.55 bits per heavy atom. The Morgan fingerprint density at radius 1 is 1.07 bits per heavy atom. The first-order chi connectivity index (χ1) is 13.7. The Morgan fingerprint density at radius 2 is 1.83 bits per heavy atom. The summed E-state index contributed by atoms with van der Waals surface area (Å²) in [6.45, 7) is 14.2. The average Bonchev–Trinajstić information content (AvgIpc) is 3.04. The van der Waals surface area contributed by atoms with Crippen molar-refractivity contribution < 1.29 is 5.11 Å². The zero-order chi connectivity index (χ0) is 21.2. The summed E-state index contributed by atoms with van der Waals surface area (Å²) in [5.74, 6) is 3.53. The molecule has 0 radical (unpaired) electrons. The zero-order valence-corrected chi connectivity index (χ0v) is 19.7. The van der Waals surface area contributed by atoms with Gasteiger partial charge in [-0.25, -0.2) is 0 Å². The molecule has 162 valence electrons. The van der Waals surface area contributed by atoms with Crippen molar-refractivity contribution in [2.75, 3.05) is 0 Å². The molecule has 1 fully saturated rings. The van der Waals surface area contributed by atoms with E-state index in [4.69, 9.17) is 0 Å². The average molecular weight is 397 g/mol. The summed E-state index contributed by atoms with van der Waals surface area (Å²) in [4.78, 5) is 0. The van der Waals surface area contributed by atoms with E-state index < -0.39 is 0 Å². The van der Waals surface area contributed by atoms with Gasteiger partial charge in [0.05, 0.1) is 6.10 Å². The second-order valence-corrected chi connectivity index (χ2v) is 10.9. The fourth-order valence-electron chi connectivity index (χ4n) is 6.10. The maximum Gasteiger partial charge on any atom is 0.0583 e. The minimum Gasteiger partial charge on any atom is -0.393 e. The molecule has 29 heavy (non-hydrogen) atoms. The van der Waals surface area contributed by atoms with Crippen molar-refractivity contribution in [1.82, 2.24) is 0 Å². The Balaban J connectivity index is 1.73. The molecule has 1 saturated carbocycles. The van der Waals surface area contributed by atoms with Crippen molar-refractivity contribution >= 4 is 0 Å². The minimum absolute atomic E-state index is 0.152. The lowest BCUT2D eigenvalue weighted by molar-refractivity contribution is 0.129. The molecule has 0 saturated heterocycles. The first-order valence-electron chi connectivity index (χ1n) is 12.2. The first-order valence-corrected chi connectivity index (χ1v) is 12.2. The van der Waals surface area contributed by atoms with Crippen LogP contribution in [0.3, 0.4) is 0 Å². The predicted molar refractivity (Wildman–Crippen MR) is 126 cm³/mol. The highest BCUT2D eigenvalue weighted by molar-refractivity contribution is 5.36. The highest BCUT2D eigenvalue weighted by Crippen LogP contribution is 2.58. The van der Waals surface area contributed by atoms with Gasteiger partial charge in [-0.05, 0) is 98.0 Å². The third-order valence-corrected chi connectivity index (χ3v) is 8.61. The van der Waals surface area contributed by atoms with Gasteiger partial charge in [0.1, 0.15) is 0 Å². The summed E-state index contributed by atoms with van der Waals surface area (Å²) < 4.78 is 0. The lowest BCUT2D eigenvalue weighted by atomic mass is 9.62. The number of aliphatic hydroxyl groups excluding tert-OH is 1. The lowest BCUT2D eigenvalue weighted by Gasteiger charge is -2.42. The summed E-state index contributed by atoms with van der Waals surface area (Å²) in [6, 6.07) is 0. The largest absolute Gasteiger partial charge is 0.393 e. The summed E-state index contributed by atoms with van der Waals surface area (Å²) in [6.07, 6.45) is 20.1. The van der Waals surface area contributed by atoms with E-state index in [1.54, 1.807) is 5.57 Å². The molecule has 0 aromatic rings. The maximum absolute atomic E-state index is 10.1. The van der Waals surface area contributed by atoms with Gasteiger partial charge in [0.25, 0.3) is 0 Å². The number of allylic oxidation sites excluding steroid dienone is 7. The summed E-state index contributed by atoms with van der Waals surface area (Å²) in [5.41, 5.74) is 4.82. The molecule has 4 unspecified atom stereocenters. The Hall–Kier alpha value is -1.08. The molecule has 0 spiro atoms. The number of fused-ring (bicyclic) bond motifs is 1. The molecule has 0 amide bonds. The van der Waals surface area contributed by atoms with Gasteiger partial charge in [-0.1, -0.05) is 70.6 Å². The number of hydrogen-bond donors (Lipinski definition) is 1.